The molecule has 0 aromatic heterocycles. The van der Waals surface area contributed by atoms with E-state index in [1.807, 2.05) is 37.3 Å². The van der Waals surface area contributed by atoms with Gasteiger partial charge in [0.05, 0.1) is 18.1 Å². The molecule has 32 heavy (non-hydrogen) atoms. The number of hydrogen-bond donors (Lipinski definition) is 0. The molecule has 0 saturated carbocycles. The molecule has 0 spiro atoms. The normalized spacial score (nSPS) is 21.9. The van der Waals surface area contributed by atoms with Gasteiger partial charge in [0, 0.05) is 32.7 Å². The summed E-state index contributed by atoms with van der Waals surface area (Å²) in [6.07, 6.45) is 0.755. The van der Waals surface area contributed by atoms with Crippen LogP contribution in [-0.2, 0) is 19.5 Å². The van der Waals surface area contributed by atoms with Gasteiger partial charge in [0.25, 0.3) is 0 Å². The van der Waals surface area contributed by atoms with Gasteiger partial charge in [-0.2, -0.15) is 4.31 Å². The van der Waals surface area contributed by atoms with Crippen molar-refractivity contribution >= 4 is 15.6 Å². The Hall–Kier alpha value is -2.25. The summed E-state index contributed by atoms with van der Waals surface area (Å²) >= 11 is 0. The van der Waals surface area contributed by atoms with E-state index in [1.54, 1.807) is 30.7 Å². The Labute approximate surface area is 191 Å². The van der Waals surface area contributed by atoms with Crippen LogP contribution in [0.2, 0.25) is 0 Å². The van der Waals surface area contributed by atoms with Gasteiger partial charge in [-0.05, 0) is 53.3 Å². The lowest BCUT2D eigenvalue weighted by Crippen LogP contribution is -2.32. The fourth-order valence-electron chi connectivity index (χ4n) is 5.00. The molecule has 0 amide bonds. The SMILES string of the molecule is COCC1=C(COC)C(c2ccccc2)=C2CN(S(=O)(=O)c3ccc(C)cc3)CC2(C)C1. The molecule has 1 fully saturated rings. The Balaban J connectivity index is 1.84. The van der Waals surface area contributed by atoms with Gasteiger partial charge in [0.2, 0.25) is 10.0 Å². The molecule has 1 saturated heterocycles. The fraction of sp³-hybridized carbons (Fsp3) is 0.385. The third-order valence-electron chi connectivity index (χ3n) is 6.55. The number of hydrogen-bond acceptors (Lipinski definition) is 4. The second-order valence-corrected chi connectivity index (χ2v) is 10.9. The van der Waals surface area contributed by atoms with Gasteiger partial charge in [0.15, 0.2) is 0 Å². The first-order valence-corrected chi connectivity index (χ1v) is 12.3. The number of nitrogens with zero attached hydrogens (tertiary/aromatic N) is 1. The molecule has 2 aliphatic rings. The zero-order valence-corrected chi connectivity index (χ0v) is 20.0. The number of methoxy groups -OCH3 is 2. The lowest BCUT2D eigenvalue weighted by Gasteiger charge is -2.36. The minimum absolute atomic E-state index is 0.298. The van der Waals surface area contributed by atoms with Crippen LogP contribution in [0.25, 0.3) is 5.57 Å². The Morgan fingerprint density at radius 1 is 0.969 bits per heavy atom. The minimum Gasteiger partial charge on any atom is -0.380 e. The van der Waals surface area contributed by atoms with E-state index in [9.17, 15) is 8.42 Å². The van der Waals surface area contributed by atoms with Crippen molar-refractivity contribution in [2.45, 2.75) is 25.2 Å². The molecule has 170 valence electrons. The summed E-state index contributed by atoms with van der Waals surface area (Å²) in [5.41, 5.74) is 6.38. The van der Waals surface area contributed by atoms with Gasteiger partial charge in [-0.25, -0.2) is 8.42 Å². The lowest BCUT2D eigenvalue weighted by atomic mass is 9.69. The van der Waals surface area contributed by atoms with E-state index in [0.29, 0.717) is 31.2 Å². The molecule has 0 bridgehead atoms. The average molecular weight is 454 g/mol. The van der Waals surface area contributed by atoms with Crippen LogP contribution >= 0.6 is 0 Å². The van der Waals surface area contributed by atoms with Gasteiger partial charge in [-0.15, -0.1) is 0 Å². The van der Waals surface area contributed by atoms with Crippen molar-refractivity contribution in [3.8, 4) is 0 Å². The molecular weight excluding hydrogens is 422 g/mol. The van der Waals surface area contributed by atoms with Gasteiger partial charge >= 0.3 is 0 Å². The molecular formula is C26H31NO4S. The van der Waals surface area contributed by atoms with Crippen molar-refractivity contribution in [3.05, 3.63) is 82.4 Å². The zero-order chi connectivity index (χ0) is 22.9. The number of rotatable bonds is 7. The highest BCUT2D eigenvalue weighted by atomic mass is 32.2. The summed E-state index contributed by atoms with van der Waals surface area (Å²) in [5, 5.41) is 0. The monoisotopic (exact) mass is 453 g/mol. The molecule has 0 radical (unpaired) electrons. The highest BCUT2D eigenvalue weighted by Gasteiger charge is 2.48. The Kier molecular flexibility index (Phi) is 6.41. The van der Waals surface area contributed by atoms with Crippen LogP contribution < -0.4 is 0 Å². The number of ether oxygens (including phenoxy) is 2. The molecule has 0 N–H and O–H groups in total. The third-order valence-corrected chi connectivity index (χ3v) is 8.36. The molecule has 1 unspecified atom stereocenters. The summed E-state index contributed by atoms with van der Waals surface area (Å²) < 4.78 is 39.8. The van der Waals surface area contributed by atoms with Crippen LogP contribution in [0.4, 0.5) is 0 Å². The average Bonchev–Trinajstić information content (AvgIpc) is 3.13. The fourth-order valence-corrected chi connectivity index (χ4v) is 6.53. The summed E-state index contributed by atoms with van der Waals surface area (Å²) in [5.74, 6) is 0. The Bertz CT molecular complexity index is 1150. The van der Waals surface area contributed by atoms with Crippen molar-refractivity contribution < 1.29 is 17.9 Å². The van der Waals surface area contributed by atoms with E-state index in [0.717, 1.165) is 34.3 Å². The topological polar surface area (TPSA) is 55.8 Å². The number of aryl methyl sites for hydroxylation is 1. The van der Waals surface area contributed by atoms with E-state index < -0.39 is 10.0 Å². The van der Waals surface area contributed by atoms with Crippen LogP contribution in [0, 0.1) is 12.3 Å². The predicted octanol–water partition coefficient (Wildman–Crippen LogP) is 4.45. The van der Waals surface area contributed by atoms with Crippen LogP contribution in [0.1, 0.15) is 24.5 Å². The molecule has 5 nitrogen and oxygen atoms in total. The van der Waals surface area contributed by atoms with Crippen LogP contribution in [0.5, 0.6) is 0 Å². The van der Waals surface area contributed by atoms with Crippen LogP contribution in [-0.4, -0.2) is 53.2 Å². The van der Waals surface area contributed by atoms with Crippen molar-refractivity contribution in [1.82, 2.24) is 4.31 Å². The number of sulfonamides is 1. The molecule has 1 aliphatic heterocycles. The van der Waals surface area contributed by atoms with Crippen LogP contribution in [0.3, 0.4) is 0 Å². The van der Waals surface area contributed by atoms with E-state index in [4.69, 9.17) is 9.47 Å². The van der Waals surface area contributed by atoms with Gasteiger partial charge in [-0.3, -0.25) is 0 Å². The first-order chi connectivity index (χ1) is 15.3. The Morgan fingerprint density at radius 3 is 2.25 bits per heavy atom. The van der Waals surface area contributed by atoms with Gasteiger partial charge in [-0.1, -0.05) is 55.0 Å². The summed E-state index contributed by atoms with van der Waals surface area (Å²) in [6, 6.07) is 17.3. The molecule has 2 aromatic carbocycles. The zero-order valence-electron chi connectivity index (χ0n) is 19.2. The molecule has 4 rings (SSSR count). The van der Waals surface area contributed by atoms with Crippen molar-refractivity contribution in [2.75, 3.05) is 40.5 Å². The highest BCUT2D eigenvalue weighted by molar-refractivity contribution is 7.89. The first kappa shape index (κ1) is 22.9. The largest absolute Gasteiger partial charge is 0.380 e. The smallest absolute Gasteiger partial charge is 0.243 e. The highest BCUT2D eigenvalue weighted by Crippen LogP contribution is 2.51. The summed E-state index contributed by atoms with van der Waals surface area (Å²) in [6.45, 7) is 5.93. The molecule has 2 aromatic rings. The lowest BCUT2D eigenvalue weighted by molar-refractivity contribution is 0.203. The molecule has 1 heterocycles. The second kappa shape index (κ2) is 8.94. The second-order valence-electron chi connectivity index (χ2n) is 8.99. The van der Waals surface area contributed by atoms with Crippen molar-refractivity contribution in [1.29, 1.82) is 0 Å². The quantitative estimate of drug-likeness (QED) is 0.621. The number of benzene rings is 2. The Morgan fingerprint density at radius 2 is 1.62 bits per heavy atom. The first-order valence-electron chi connectivity index (χ1n) is 10.8. The van der Waals surface area contributed by atoms with E-state index in [2.05, 4.69) is 19.1 Å². The molecule has 6 heteroatoms. The van der Waals surface area contributed by atoms with Gasteiger partial charge < -0.3 is 9.47 Å². The minimum atomic E-state index is -3.60. The van der Waals surface area contributed by atoms with Crippen molar-refractivity contribution in [3.63, 3.8) is 0 Å². The van der Waals surface area contributed by atoms with E-state index in [-0.39, 0.29) is 5.41 Å². The van der Waals surface area contributed by atoms with Crippen LogP contribution in [0.15, 0.2) is 76.2 Å². The maximum absolute atomic E-state index is 13.5. The molecule has 1 aliphatic carbocycles. The summed E-state index contributed by atoms with van der Waals surface area (Å²) in [7, 11) is -0.205. The van der Waals surface area contributed by atoms with Crippen molar-refractivity contribution in [2.24, 2.45) is 5.41 Å². The third kappa shape index (κ3) is 4.08. The maximum Gasteiger partial charge on any atom is 0.243 e. The predicted molar refractivity (Wildman–Crippen MR) is 127 cm³/mol. The summed E-state index contributed by atoms with van der Waals surface area (Å²) in [4.78, 5) is 0.342. The van der Waals surface area contributed by atoms with E-state index >= 15 is 0 Å². The molecule has 1 atom stereocenters. The maximum atomic E-state index is 13.5. The van der Waals surface area contributed by atoms with E-state index in [1.165, 1.54) is 5.57 Å². The standard InChI is InChI=1S/C26H31NO4S/c1-19-10-12-22(13-11-19)32(28,29)27-15-24-25(20-8-6-5-7-9-20)23(17-31-4)21(16-30-3)14-26(24,2)18-27/h5-13H,14-18H2,1-4H3. The van der Waals surface area contributed by atoms with Gasteiger partial charge in [0.1, 0.15) is 0 Å². The number of fused-ring (bicyclic) bond motifs is 1.